The van der Waals surface area contributed by atoms with Crippen LogP contribution in [0, 0.1) is 0 Å². The largest absolute Gasteiger partial charge is 0.396 e. The van der Waals surface area contributed by atoms with E-state index in [2.05, 4.69) is 39.9 Å². The lowest BCUT2D eigenvalue weighted by atomic mass is 9.89. The van der Waals surface area contributed by atoms with Crippen LogP contribution in [0.15, 0.2) is 36.5 Å². The number of ether oxygens (including phenoxy) is 1. The number of aryl methyl sites for hydroxylation is 1. The highest BCUT2D eigenvalue weighted by molar-refractivity contribution is 6.32. The van der Waals surface area contributed by atoms with Crippen LogP contribution in [-0.4, -0.2) is 60.0 Å². The van der Waals surface area contributed by atoms with Gasteiger partial charge >= 0.3 is 0 Å². The molecule has 2 aromatic rings. The molecule has 1 N–H and O–H groups in total. The summed E-state index contributed by atoms with van der Waals surface area (Å²) in [5.41, 5.74) is 3.42. The van der Waals surface area contributed by atoms with Gasteiger partial charge < -0.3 is 14.7 Å². The van der Waals surface area contributed by atoms with Gasteiger partial charge in [-0.25, -0.2) is 4.98 Å². The molecular formula is C24H32ClN3O2. The summed E-state index contributed by atoms with van der Waals surface area (Å²) in [5.74, 6) is 1.08. The molecule has 2 aliphatic rings. The van der Waals surface area contributed by atoms with E-state index in [1.165, 1.54) is 5.56 Å². The summed E-state index contributed by atoms with van der Waals surface area (Å²) in [4.78, 5) is 9.48. The van der Waals surface area contributed by atoms with Crippen molar-refractivity contribution in [1.82, 2.24) is 9.88 Å². The van der Waals surface area contributed by atoms with Crippen LogP contribution in [0.25, 0.3) is 0 Å². The zero-order valence-corrected chi connectivity index (χ0v) is 18.6. The molecule has 0 atom stereocenters. The molecule has 0 radical (unpaired) electrons. The molecule has 6 heteroatoms. The van der Waals surface area contributed by atoms with Gasteiger partial charge in [0.05, 0.1) is 12.2 Å². The van der Waals surface area contributed by atoms with Gasteiger partial charge in [-0.2, -0.15) is 0 Å². The van der Waals surface area contributed by atoms with Gasteiger partial charge in [0.25, 0.3) is 0 Å². The predicted molar refractivity (Wildman–Crippen MR) is 121 cm³/mol. The van der Waals surface area contributed by atoms with Crippen molar-refractivity contribution in [2.75, 3.05) is 44.3 Å². The SMILES string of the molecule is CCc1ccnc(N2CCOC3(CCN(Cc4cccc(CCO)c4Cl)CC3)C2)c1. The Balaban J connectivity index is 1.38. The number of hydrogen-bond acceptors (Lipinski definition) is 5. The van der Waals surface area contributed by atoms with Gasteiger partial charge in [0.15, 0.2) is 0 Å². The Bertz CT molecular complexity index is 852. The number of halogens is 1. The van der Waals surface area contributed by atoms with E-state index in [1.807, 2.05) is 18.3 Å². The Morgan fingerprint density at radius 2 is 1.97 bits per heavy atom. The summed E-state index contributed by atoms with van der Waals surface area (Å²) >= 11 is 6.58. The predicted octanol–water partition coefficient (Wildman–Crippen LogP) is 3.70. The average molecular weight is 430 g/mol. The number of piperidine rings is 1. The van der Waals surface area contributed by atoms with E-state index in [4.69, 9.17) is 16.3 Å². The minimum atomic E-state index is -0.0822. The van der Waals surface area contributed by atoms with Crippen molar-refractivity contribution in [3.63, 3.8) is 0 Å². The van der Waals surface area contributed by atoms with Crippen LogP contribution in [0.1, 0.15) is 36.5 Å². The average Bonchev–Trinajstić information content (AvgIpc) is 2.78. The molecule has 4 rings (SSSR count). The third-order valence-corrected chi connectivity index (χ3v) is 6.98. The highest BCUT2D eigenvalue weighted by atomic mass is 35.5. The molecule has 1 aromatic heterocycles. The smallest absolute Gasteiger partial charge is 0.128 e. The summed E-state index contributed by atoms with van der Waals surface area (Å²) in [6.45, 7) is 7.71. The Kier molecular flexibility index (Phi) is 6.94. The maximum absolute atomic E-state index is 9.24. The molecule has 162 valence electrons. The number of aliphatic hydroxyl groups is 1. The van der Waals surface area contributed by atoms with Crippen LogP contribution in [0.2, 0.25) is 5.02 Å². The Hall–Kier alpha value is -1.66. The van der Waals surface area contributed by atoms with Crippen molar-refractivity contribution in [2.45, 2.75) is 44.8 Å². The first-order valence-electron chi connectivity index (χ1n) is 11.1. The second-order valence-corrected chi connectivity index (χ2v) is 8.85. The number of benzene rings is 1. The lowest BCUT2D eigenvalue weighted by Crippen LogP contribution is -2.57. The molecule has 2 aliphatic heterocycles. The summed E-state index contributed by atoms with van der Waals surface area (Å²) in [6, 6.07) is 10.4. The number of likely N-dealkylation sites (tertiary alicyclic amines) is 1. The first kappa shape index (κ1) is 21.6. The van der Waals surface area contributed by atoms with E-state index in [0.717, 1.165) is 80.6 Å². The zero-order valence-electron chi connectivity index (χ0n) is 17.8. The topological polar surface area (TPSA) is 48.8 Å². The number of pyridine rings is 1. The summed E-state index contributed by atoms with van der Waals surface area (Å²) in [6.07, 6.45) is 5.60. The summed E-state index contributed by atoms with van der Waals surface area (Å²) < 4.78 is 6.34. The molecule has 1 spiro atoms. The third-order valence-electron chi connectivity index (χ3n) is 6.49. The van der Waals surface area contributed by atoms with Crippen molar-refractivity contribution in [1.29, 1.82) is 0 Å². The molecule has 0 bridgehead atoms. The normalized spacial score (nSPS) is 19.4. The molecular weight excluding hydrogens is 398 g/mol. The van der Waals surface area contributed by atoms with Gasteiger partial charge in [0, 0.05) is 50.6 Å². The van der Waals surface area contributed by atoms with Crippen molar-refractivity contribution in [3.8, 4) is 0 Å². The van der Waals surface area contributed by atoms with Gasteiger partial charge in [-0.15, -0.1) is 0 Å². The van der Waals surface area contributed by atoms with Crippen molar-refractivity contribution in [3.05, 3.63) is 58.2 Å². The summed E-state index contributed by atoms with van der Waals surface area (Å²) in [5, 5.41) is 10.0. The minimum absolute atomic E-state index is 0.0822. The lowest BCUT2D eigenvalue weighted by Gasteiger charge is -2.47. The van der Waals surface area contributed by atoms with E-state index < -0.39 is 0 Å². The number of aliphatic hydroxyl groups excluding tert-OH is 1. The fraction of sp³-hybridized carbons (Fsp3) is 0.542. The molecule has 2 saturated heterocycles. The maximum atomic E-state index is 9.24. The fourth-order valence-corrected chi connectivity index (χ4v) is 4.90. The maximum Gasteiger partial charge on any atom is 0.128 e. The molecule has 3 heterocycles. The molecule has 1 aromatic carbocycles. The number of nitrogens with zero attached hydrogens (tertiary/aromatic N) is 3. The molecule has 5 nitrogen and oxygen atoms in total. The van der Waals surface area contributed by atoms with Crippen molar-refractivity contribution >= 4 is 17.4 Å². The monoisotopic (exact) mass is 429 g/mol. The first-order valence-corrected chi connectivity index (χ1v) is 11.4. The van der Waals surface area contributed by atoms with Crippen molar-refractivity contribution < 1.29 is 9.84 Å². The number of anilines is 1. The minimum Gasteiger partial charge on any atom is -0.396 e. The van der Waals surface area contributed by atoms with Gasteiger partial charge in [-0.3, -0.25) is 4.90 Å². The molecule has 0 saturated carbocycles. The van der Waals surface area contributed by atoms with Gasteiger partial charge in [0.2, 0.25) is 0 Å². The Labute approximate surface area is 184 Å². The summed E-state index contributed by atoms with van der Waals surface area (Å²) in [7, 11) is 0. The second kappa shape index (κ2) is 9.65. The second-order valence-electron chi connectivity index (χ2n) is 8.47. The van der Waals surface area contributed by atoms with Crippen LogP contribution >= 0.6 is 11.6 Å². The van der Waals surface area contributed by atoms with E-state index >= 15 is 0 Å². The Morgan fingerprint density at radius 3 is 2.73 bits per heavy atom. The fourth-order valence-electron chi connectivity index (χ4n) is 4.62. The Morgan fingerprint density at radius 1 is 1.17 bits per heavy atom. The number of hydrogen-bond donors (Lipinski definition) is 1. The zero-order chi connectivity index (χ0) is 21.0. The highest BCUT2D eigenvalue weighted by Crippen LogP contribution is 2.33. The number of aromatic nitrogens is 1. The standard InChI is InChI=1S/C24H32ClN3O2/c1-2-19-6-10-26-22(16-19)28-13-15-30-24(18-28)8-11-27(12-9-24)17-21-5-3-4-20(7-14-29)23(21)25/h3-6,10,16,29H,2,7-9,11-15,17-18H2,1H3. The molecule has 0 amide bonds. The first-order chi connectivity index (χ1) is 14.6. The quantitative estimate of drug-likeness (QED) is 0.758. The van der Waals surface area contributed by atoms with Crippen LogP contribution in [0.4, 0.5) is 5.82 Å². The molecule has 30 heavy (non-hydrogen) atoms. The third kappa shape index (κ3) is 4.80. The highest BCUT2D eigenvalue weighted by Gasteiger charge is 2.40. The van der Waals surface area contributed by atoms with E-state index in [0.29, 0.717) is 6.42 Å². The van der Waals surface area contributed by atoms with Crippen LogP contribution in [-0.2, 0) is 24.1 Å². The number of morpholine rings is 1. The van der Waals surface area contributed by atoms with Gasteiger partial charge in [0.1, 0.15) is 5.82 Å². The van der Waals surface area contributed by atoms with Gasteiger partial charge in [-0.05, 0) is 54.5 Å². The van der Waals surface area contributed by atoms with E-state index in [9.17, 15) is 5.11 Å². The molecule has 2 fully saturated rings. The number of rotatable bonds is 6. The van der Waals surface area contributed by atoms with Gasteiger partial charge in [-0.1, -0.05) is 36.7 Å². The van der Waals surface area contributed by atoms with E-state index in [-0.39, 0.29) is 12.2 Å². The van der Waals surface area contributed by atoms with E-state index in [1.54, 1.807) is 0 Å². The molecule has 0 unspecified atom stereocenters. The van der Waals surface area contributed by atoms with Crippen molar-refractivity contribution in [2.24, 2.45) is 0 Å². The van der Waals surface area contributed by atoms with Crippen LogP contribution < -0.4 is 4.90 Å². The molecule has 0 aliphatic carbocycles. The van der Waals surface area contributed by atoms with Crippen LogP contribution in [0.3, 0.4) is 0 Å². The lowest BCUT2D eigenvalue weighted by molar-refractivity contribution is -0.0922. The van der Waals surface area contributed by atoms with Crippen LogP contribution in [0.5, 0.6) is 0 Å².